The molecule has 3 heterocycles. The number of rotatable bonds is 4. The smallest absolute Gasteiger partial charge is 0.313 e. The van der Waals surface area contributed by atoms with Crippen LogP contribution in [0.5, 0.6) is 0 Å². The van der Waals surface area contributed by atoms with Gasteiger partial charge in [-0.1, -0.05) is 19.3 Å². The number of amides is 3. The molecule has 26 heavy (non-hydrogen) atoms. The van der Waals surface area contributed by atoms with Crippen molar-refractivity contribution in [2.24, 2.45) is 5.92 Å². The van der Waals surface area contributed by atoms with Gasteiger partial charge in [-0.25, -0.2) is 4.79 Å². The fourth-order valence-electron chi connectivity index (χ4n) is 4.82. The molecule has 2 bridgehead atoms. The predicted molar refractivity (Wildman–Crippen MR) is 101 cm³/mol. The van der Waals surface area contributed by atoms with Crippen LogP contribution in [0.4, 0.5) is 4.79 Å². The van der Waals surface area contributed by atoms with Gasteiger partial charge in [0, 0.05) is 22.4 Å². The zero-order chi connectivity index (χ0) is 18.5. The van der Waals surface area contributed by atoms with Crippen molar-refractivity contribution in [3.63, 3.8) is 0 Å². The van der Waals surface area contributed by atoms with E-state index in [0.717, 1.165) is 55.4 Å². The summed E-state index contributed by atoms with van der Waals surface area (Å²) in [6.07, 6.45) is 8.38. The fourth-order valence-corrected chi connectivity index (χ4v) is 6.09. The van der Waals surface area contributed by atoms with E-state index in [-0.39, 0.29) is 30.2 Å². The molecule has 1 atom stereocenters. The standard InChI is InChI=1S/C20H26N2O3S/c1-20(13-7-4-3-5-8-13)18(24)22(19(25)21(20)2)12-16(23)15-11-14-9-6-10-17(15)26-14/h11,13H,3-10,12H2,1-2H3. The zero-order valence-corrected chi connectivity index (χ0v) is 16.4. The fraction of sp³-hybridized carbons (Fsp3) is 0.650. The lowest BCUT2D eigenvalue weighted by molar-refractivity contribution is -0.135. The molecule has 5 nitrogen and oxygen atoms in total. The molecule has 1 saturated carbocycles. The quantitative estimate of drug-likeness (QED) is 0.597. The molecule has 1 aromatic rings. The van der Waals surface area contributed by atoms with Gasteiger partial charge in [0.05, 0.1) is 6.54 Å². The highest BCUT2D eigenvalue weighted by atomic mass is 32.1. The first-order valence-corrected chi connectivity index (χ1v) is 10.5. The summed E-state index contributed by atoms with van der Waals surface area (Å²) in [6.45, 7) is 1.75. The average Bonchev–Trinajstić information content (AvgIpc) is 3.04. The Labute approximate surface area is 158 Å². The first kappa shape index (κ1) is 17.7. The number of carbonyl (C=O) groups is 3. The van der Waals surface area contributed by atoms with E-state index < -0.39 is 5.54 Å². The number of hydrogen-bond acceptors (Lipinski definition) is 4. The number of carbonyl (C=O) groups excluding carboxylic acids is 3. The molecule has 1 saturated heterocycles. The van der Waals surface area contributed by atoms with Crippen LogP contribution >= 0.6 is 11.3 Å². The van der Waals surface area contributed by atoms with Crippen LogP contribution in [-0.4, -0.2) is 46.7 Å². The van der Waals surface area contributed by atoms with Gasteiger partial charge in [-0.15, -0.1) is 11.3 Å². The summed E-state index contributed by atoms with van der Waals surface area (Å²) >= 11 is 1.69. The number of Topliss-reactive ketones (excluding diaryl/α,β-unsaturated/α-hetero) is 1. The second-order valence-electron chi connectivity index (χ2n) is 8.04. The summed E-state index contributed by atoms with van der Waals surface area (Å²) in [5.74, 6) is -0.118. The third kappa shape index (κ3) is 2.61. The third-order valence-corrected chi connectivity index (χ3v) is 7.84. The van der Waals surface area contributed by atoms with Gasteiger partial charge in [-0.2, -0.15) is 0 Å². The average molecular weight is 375 g/mol. The van der Waals surface area contributed by atoms with Crippen LogP contribution in [0.25, 0.3) is 0 Å². The van der Waals surface area contributed by atoms with Crippen molar-refractivity contribution in [1.29, 1.82) is 0 Å². The van der Waals surface area contributed by atoms with Crippen LogP contribution in [0.3, 0.4) is 0 Å². The van der Waals surface area contributed by atoms with Crippen molar-refractivity contribution >= 4 is 29.1 Å². The molecule has 0 spiro atoms. The van der Waals surface area contributed by atoms with Gasteiger partial charge in [0.25, 0.3) is 5.91 Å². The summed E-state index contributed by atoms with van der Waals surface area (Å²) in [5, 5.41) is 0. The third-order valence-electron chi connectivity index (χ3n) is 6.58. The molecule has 1 unspecified atom stereocenters. The van der Waals surface area contributed by atoms with Crippen molar-refractivity contribution in [3.8, 4) is 0 Å². The van der Waals surface area contributed by atoms with Crippen molar-refractivity contribution < 1.29 is 14.4 Å². The molecule has 6 heteroatoms. The Kier molecular flexibility index (Phi) is 4.41. The Hall–Kier alpha value is -1.69. The molecular weight excluding hydrogens is 348 g/mol. The Morgan fingerprint density at radius 1 is 1.19 bits per heavy atom. The molecule has 2 fully saturated rings. The van der Waals surface area contributed by atoms with Gasteiger partial charge < -0.3 is 4.90 Å². The first-order valence-electron chi connectivity index (χ1n) is 9.67. The van der Waals surface area contributed by atoms with Crippen LogP contribution in [0, 0.1) is 5.92 Å². The molecule has 4 rings (SSSR count). The number of nitrogens with zero attached hydrogens (tertiary/aromatic N) is 2. The number of hydrogen-bond donors (Lipinski definition) is 0. The van der Waals surface area contributed by atoms with Gasteiger partial charge >= 0.3 is 6.03 Å². The van der Waals surface area contributed by atoms with Gasteiger partial charge in [0.15, 0.2) is 5.78 Å². The van der Waals surface area contributed by atoms with Gasteiger partial charge in [-0.3, -0.25) is 14.5 Å². The van der Waals surface area contributed by atoms with E-state index in [2.05, 4.69) is 0 Å². The van der Waals surface area contributed by atoms with Crippen molar-refractivity contribution in [2.75, 3.05) is 13.6 Å². The van der Waals surface area contributed by atoms with Crippen LogP contribution in [0.2, 0.25) is 0 Å². The minimum absolute atomic E-state index is 0.104. The lowest BCUT2D eigenvalue weighted by Gasteiger charge is -2.38. The maximum absolute atomic E-state index is 13.2. The predicted octanol–water partition coefficient (Wildman–Crippen LogP) is 3.65. The zero-order valence-electron chi connectivity index (χ0n) is 15.5. The van der Waals surface area contributed by atoms with Gasteiger partial charge in [0.1, 0.15) is 5.54 Å². The summed E-state index contributed by atoms with van der Waals surface area (Å²) in [6, 6.07) is 1.63. The monoisotopic (exact) mass is 374 g/mol. The number of fused-ring (bicyclic) bond motifs is 2. The van der Waals surface area contributed by atoms with Crippen molar-refractivity contribution in [3.05, 3.63) is 21.4 Å². The largest absolute Gasteiger partial charge is 0.327 e. The molecule has 0 radical (unpaired) electrons. The minimum atomic E-state index is -0.811. The molecule has 0 aromatic carbocycles. The SMILES string of the molecule is CN1C(=O)N(CC(=O)c2cc3sc2CCC3)C(=O)C1(C)C1CCCCC1. The molecular formula is C20H26N2O3S. The summed E-state index contributed by atoms with van der Waals surface area (Å²) in [4.78, 5) is 44.0. The second-order valence-corrected chi connectivity index (χ2v) is 9.26. The molecule has 0 N–H and O–H groups in total. The molecule has 1 aliphatic carbocycles. The Balaban J connectivity index is 1.56. The van der Waals surface area contributed by atoms with E-state index in [1.54, 1.807) is 23.3 Å². The Morgan fingerprint density at radius 2 is 1.92 bits per heavy atom. The molecule has 1 aromatic heterocycles. The Bertz CT molecular complexity index is 765. The van der Waals surface area contributed by atoms with Crippen LogP contribution in [-0.2, 0) is 17.6 Å². The van der Waals surface area contributed by atoms with Crippen LogP contribution < -0.4 is 0 Å². The lowest BCUT2D eigenvalue weighted by atomic mass is 9.75. The van der Waals surface area contributed by atoms with E-state index >= 15 is 0 Å². The topological polar surface area (TPSA) is 57.7 Å². The van der Waals surface area contributed by atoms with E-state index in [4.69, 9.17) is 0 Å². The summed E-state index contributed by atoms with van der Waals surface area (Å²) in [7, 11) is 1.71. The number of urea groups is 1. The molecule has 3 aliphatic rings. The van der Waals surface area contributed by atoms with Crippen molar-refractivity contribution in [1.82, 2.24) is 9.80 Å². The maximum Gasteiger partial charge on any atom is 0.327 e. The van der Waals surface area contributed by atoms with Gasteiger partial charge in [-0.05, 0) is 51.0 Å². The number of likely N-dealkylation sites (N-methyl/N-ethyl adjacent to an activating group) is 1. The minimum Gasteiger partial charge on any atom is -0.313 e. The van der Waals surface area contributed by atoms with Crippen molar-refractivity contribution in [2.45, 2.75) is 63.8 Å². The van der Waals surface area contributed by atoms with E-state index in [1.807, 2.05) is 13.0 Å². The lowest BCUT2D eigenvalue weighted by Crippen LogP contribution is -2.52. The number of ketones is 1. The number of imide groups is 1. The van der Waals surface area contributed by atoms with Gasteiger partial charge in [0.2, 0.25) is 0 Å². The van der Waals surface area contributed by atoms with Crippen LogP contribution in [0.15, 0.2) is 6.07 Å². The van der Waals surface area contributed by atoms with Crippen LogP contribution in [0.1, 0.15) is 65.6 Å². The Morgan fingerprint density at radius 3 is 2.62 bits per heavy atom. The maximum atomic E-state index is 13.2. The number of aryl methyl sites for hydroxylation is 2. The molecule has 140 valence electrons. The molecule has 2 aliphatic heterocycles. The normalized spacial score (nSPS) is 26.7. The molecule has 3 amide bonds. The van der Waals surface area contributed by atoms with E-state index in [1.165, 1.54) is 16.2 Å². The highest BCUT2D eigenvalue weighted by molar-refractivity contribution is 7.12. The summed E-state index contributed by atoms with van der Waals surface area (Å²) in [5.41, 5.74) is -0.0917. The highest BCUT2D eigenvalue weighted by Crippen LogP contribution is 2.41. The number of thiophene rings is 1. The first-order chi connectivity index (χ1) is 12.4. The van der Waals surface area contributed by atoms with E-state index in [9.17, 15) is 14.4 Å². The summed E-state index contributed by atoms with van der Waals surface area (Å²) < 4.78 is 0. The second kappa shape index (κ2) is 6.48. The van der Waals surface area contributed by atoms with E-state index in [0.29, 0.717) is 0 Å². The highest BCUT2D eigenvalue weighted by Gasteiger charge is 2.56.